The summed E-state index contributed by atoms with van der Waals surface area (Å²) in [5.41, 5.74) is 8.84. The molecule has 2 aliphatic carbocycles. The number of rotatable bonds is 8. The van der Waals surface area contributed by atoms with E-state index in [1.165, 1.54) is 5.56 Å². The van der Waals surface area contributed by atoms with E-state index in [0.717, 1.165) is 61.2 Å². The predicted octanol–water partition coefficient (Wildman–Crippen LogP) is 19.1. The molecule has 0 spiro atoms. The normalized spacial score (nSPS) is 16.8. The molecule has 0 fully saturated rings. The van der Waals surface area contributed by atoms with Crippen molar-refractivity contribution < 1.29 is 23.3 Å². The van der Waals surface area contributed by atoms with Gasteiger partial charge in [0.05, 0.1) is 28.7 Å². The maximum absolute atomic E-state index is 10.3. The molecule has 0 N–H and O–H groups in total. The van der Waals surface area contributed by atoms with E-state index >= 15 is 0 Å². The van der Waals surface area contributed by atoms with Gasteiger partial charge in [0, 0.05) is 22.5 Å². The van der Waals surface area contributed by atoms with Crippen molar-refractivity contribution in [2.75, 3.05) is 4.90 Å². The van der Waals surface area contributed by atoms with Crippen LogP contribution < -0.4 is 4.90 Å². The molecule has 0 amide bonds. The van der Waals surface area contributed by atoms with Crippen LogP contribution in [0, 0.1) is 0 Å². The van der Waals surface area contributed by atoms with Crippen LogP contribution in [0.4, 0.5) is 17.1 Å². The Morgan fingerprint density at radius 1 is 0.342 bits per heavy atom. The lowest BCUT2D eigenvalue weighted by Crippen LogP contribution is -2.28. The van der Waals surface area contributed by atoms with E-state index in [-0.39, 0.29) is 11.1 Å². The Morgan fingerprint density at radius 2 is 0.918 bits per heavy atom. The zero-order valence-electron chi connectivity index (χ0n) is 56.6. The summed E-state index contributed by atoms with van der Waals surface area (Å²) in [6, 6.07) is 43.6. The standard InChI is InChI=1S/C72H51N/c1-71(2)66-30-15-13-28-62(66)64-42-37-53(46-68(64)71)52-21-17-26-58(45-52)73(59-40-43-65-63-29-14-16-31-67(63)72(69(65)47-59,55-22-5-3-6-23-55)56-24-7-4-8-25-56)57-38-34-50(35-39-57)61-41-36-49-19-11-12-27-60(49)70(61)54-33-32-48-18-9-10-20-51(48)44-54/h3-47H,1-2H3/i9D,10D,11D,12D,18D,19D,20D,27D,32D,33D,34D,35D,36D,38D,39D,41D,44D. The topological polar surface area (TPSA) is 3.24 Å². The van der Waals surface area contributed by atoms with E-state index < -0.39 is 152 Å². The molecular weight excluding hydrogens is 879 g/mol. The van der Waals surface area contributed by atoms with E-state index in [9.17, 15) is 13.7 Å². The van der Waals surface area contributed by atoms with Gasteiger partial charge in [0.25, 0.3) is 0 Å². The first-order valence-electron chi connectivity index (χ1n) is 32.7. The minimum absolute atomic E-state index is 0.240. The summed E-state index contributed by atoms with van der Waals surface area (Å²) < 4.78 is 160. The summed E-state index contributed by atoms with van der Waals surface area (Å²) in [7, 11) is 0. The van der Waals surface area contributed by atoms with E-state index in [1.54, 1.807) is 4.90 Å². The van der Waals surface area contributed by atoms with Gasteiger partial charge < -0.3 is 4.90 Å². The van der Waals surface area contributed by atoms with Crippen molar-refractivity contribution in [2.24, 2.45) is 0 Å². The molecule has 1 heteroatoms. The van der Waals surface area contributed by atoms with Crippen molar-refractivity contribution >= 4 is 38.6 Å². The third kappa shape index (κ3) is 6.69. The van der Waals surface area contributed by atoms with Crippen LogP contribution in [-0.4, -0.2) is 0 Å². The van der Waals surface area contributed by atoms with Crippen molar-refractivity contribution in [3.05, 3.63) is 306 Å². The van der Waals surface area contributed by atoms with E-state index in [0.29, 0.717) is 11.4 Å². The van der Waals surface area contributed by atoms with Gasteiger partial charge in [-0.25, -0.2) is 0 Å². The fraction of sp³-hybridized carbons (Fsp3) is 0.0556. The fourth-order valence-electron chi connectivity index (χ4n) is 11.5. The molecule has 73 heavy (non-hydrogen) atoms. The van der Waals surface area contributed by atoms with Gasteiger partial charge in [0.15, 0.2) is 0 Å². The number of nitrogens with zero attached hydrogens (tertiary/aromatic N) is 1. The summed E-state index contributed by atoms with van der Waals surface area (Å²) in [4.78, 5) is 1.67. The number of fused-ring (bicyclic) bond motifs is 8. The first kappa shape index (κ1) is 28.7. The van der Waals surface area contributed by atoms with Crippen LogP contribution in [0.3, 0.4) is 0 Å². The molecule has 2 aliphatic rings. The molecule has 0 radical (unpaired) electrons. The van der Waals surface area contributed by atoms with Crippen LogP contribution in [0.25, 0.3) is 77.2 Å². The van der Waals surface area contributed by atoms with Crippen molar-refractivity contribution in [3.63, 3.8) is 0 Å². The molecule has 14 rings (SSSR count). The Bertz CT molecular complexity index is 5070. The quantitative estimate of drug-likeness (QED) is 0.147. The monoisotopic (exact) mass is 947 g/mol. The van der Waals surface area contributed by atoms with Crippen LogP contribution in [0.1, 0.15) is 70.5 Å². The average molecular weight is 947 g/mol. The molecule has 12 aromatic rings. The van der Waals surface area contributed by atoms with Gasteiger partial charge >= 0.3 is 0 Å². The maximum Gasteiger partial charge on any atom is 0.0714 e. The van der Waals surface area contributed by atoms with Gasteiger partial charge in [0.1, 0.15) is 0 Å². The van der Waals surface area contributed by atoms with Gasteiger partial charge in [0.2, 0.25) is 0 Å². The van der Waals surface area contributed by atoms with Gasteiger partial charge in [-0.15, -0.1) is 0 Å². The van der Waals surface area contributed by atoms with Gasteiger partial charge in [-0.2, -0.15) is 0 Å². The molecular formula is C72H51N. The van der Waals surface area contributed by atoms with E-state index in [1.807, 2.05) is 103 Å². The Morgan fingerprint density at radius 3 is 1.68 bits per heavy atom. The zero-order valence-corrected chi connectivity index (χ0v) is 39.6. The molecule has 0 heterocycles. The minimum Gasteiger partial charge on any atom is -0.310 e. The van der Waals surface area contributed by atoms with E-state index in [2.05, 4.69) is 80.6 Å². The number of hydrogen-bond donors (Lipinski definition) is 0. The highest BCUT2D eigenvalue weighted by Crippen LogP contribution is 2.58. The van der Waals surface area contributed by atoms with Crippen molar-refractivity contribution in [3.8, 4) is 55.6 Å². The second-order valence-electron chi connectivity index (χ2n) is 19.0. The molecule has 0 aliphatic heterocycles. The summed E-state index contributed by atoms with van der Waals surface area (Å²) in [5, 5.41) is -2.10. The Kier molecular flexibility index (Phi) is 6.61. The molecule has 0 saturated heterocycles. The van der Waals surface area contributed by atoms with Crippen LogP contribution in [0.15, 0.2) is 273 Å². The summed E-state index contributed by atoms with van der Waals surface area (Å²) in [6.07, 6.45) is 0. The first-order valence-corrected chi connectivity index (χ1v) is 24.2. The summed E-state index contributed by atoms with van der Waals surface area (Å²) >= 11 is 0. The van der Waals surface area contributed by atoms with Crippen LogP contribution in [0.5, 0.6) is 0 Å². The van der Waals surface area contributed by atoms with Gasteiger partial charge in [-0.3, -0.25) is 0 Å². The lowest BCUT2D eigenvalue weighted by Gasteiger charge is -2.35. The fourth-order valence-corrected chi connectivity index (χ4v) is 11.5. The van der Waals surface area contributed by atoms with Crippen molar-refractivity contribution in [1.82, 2.24) is 0 Å². The Hall–Kier alpha value is -9.04. The molecule has 0 saturated carbocycles. The van der Waals surface area contributed by atoms with Crippen LogP contribution >= 0.6 is 0 Å². The maximum atomic E-state index is 10.3. The van der Waals surface area contributed by atoms with Gasteiger partial charge in [-0.1, -0.05) is 238 Å². The third-order valence-electron chi connectivity index (χ3n) is 14.8. The highest BCUT2D eigenvalue weighted by atomic mass is 15.1. The third-order valence-corrected chi connectivity index (χ3v) is 14.8. The molecule has 0 atom stereocenters. The molecule has 344 valence electrons. The predicted molar refractivity (Wildman–Crippen MR) is 307 cm³/mol. The Labute approximate surface area is 451 Å². The number of benzene rings is 12. The second-order valence-corrected chi connectivity index (χ2v) is 19.0. The largest absolute Gasteiger partial charge is 0.310 e. The Balaban J connectivity index is 1.07. The number of hydrogen-bond acceptors (Lipinski definition) is 1. The van der Waals surface area contributed by atoms with Crippen molar-refractivity contribution in [2.45, 2.75) is 24.7 Å². The summed E-state index contributed by atoms with van der Waals surface area (Å²) in [6.45, 7) is 4.40. The van der Waals surface area contributed by atoms with Crippen LogP contribution in [-0.2, 0) is 10.8 Å². The lowest BCUT2D eigenvalue weighted by atomic mass is 9.67. The number of anilines is 3. The minimum atomic E-state index is -0.921. The molecule has 12 aromatic carbocycles. The SMILES string of the molecule is [2H]c1c([2H])c(N(c2cccc(-c3ccc4c(c3)C(C)(C)c3ccccc3-4)c2)c2ccc3c(c2)C(c2ccccc2)(c2ccccc2)c2ccccc2-3)c([2H])c([2H])c1-c1c([2H])c([2H])c2c([2H])c([2H])c([2H])c([2H])c2c1-c1c([2H])c([2H])c2c([2H])c([2H])c([2H])c([2H])c2c1[2H]. The molecule has 0 aromatic heterocycles. The smallest absolute Gasteiger partial charge is 0.0714 e. The molecule has 0 bridgehead atoms. The molecule has 0 unspecified atom stereocenters. The lowest BCUT2D eigenvalue weighted by molar-refractivity contribution is 0.660. The highest BCUT2D eigenvalue weighted by molar-refractivity contribution is 6.06. The van der Waals surface area contributed by atoms with Crippen molar-refractivity contribution in [1.29, 1.82) is 0 Å². The van der Waals surface area contributed by atoms with Gasteiger partial charge in [-0.05, 0) is 159 Å². The second kappa shape index (κ2) is 16.8. The highest BCUT2D eigenvalue weighted by Gasteiger charge is 2.46. The zero-order chi connectivity index (χ0) is 63.5. The molecule has 1 nitrogen and oxygen atoms in total. The first-order chi connectivity index (χ1) is 43.0. The summed E-state index contributed by atoms with van der Waals surface area (Å²) in [5.74, 6) is 0. The van der Waals surface area contributed by atoms with Crippen LogP contribution in [0.2, 0.25) is 0 Å². The van der Waals surface area contributed by atoms with E-state index in [4.69, 9.17) is 9.60 Å². The average Bonchev–Trinajstić information content (AvgIpc) is 1.36.